The Morgan fingerprint density at radius 1 is 0.222 bits per heavy atom. The Morgan fingerprint density at radius 3 is 0.642 bits per heavy atom. The summed E-state index contributed by atoms with van der Waals surface area (Å²) in [6.07, 6.45) is 16.9. The Bertz CT molecular complexity index is 1370. The predicted octanol–water partition coefficient (Wildman–Crippen LogP) is 21.4. The van der Waals surface area contributed by atoms with Crippen LogP contribution >= 0.6 is 0 Å². The highest BCUT2D eigenvalue weighted by Gasteiger charge is 2.41. The number of hydrogen-bond acceptors (Lipinski definition) is 5. The lowest BCUT2D eigenvalue weighted by Crippen LogP contribution is -2.57. The number of piperidine rings is 1. The zero-order valence-electron chi connectivity index (χ0n) is 63.0. The highest BCUT2D eigenvalue weighted by molar-refractivity contribution is 4.96. The van der Waals surface area contributed by atoms with Crippen molar-refractivity contribution >= 4 is 0 Å². The second kappa shape index (κ2) is 29.9. The molecule has 6 unspecified atom stereocenters. The summed E-state index contributed by atoms with van der Waals surface area (Å²) in [5, 5.41) is 7.42. The van der Waals surface area contributed by atoms with E-state index in [2.05, 4.69) is 275 Å². The second-order valence-corrected chi connectivity index (χ2v) is 40.5. The standard InChI is InChI=1S/C14H28.C13H27N.C13H26.C12H26N2.2C12H25N/c1-13(2,3)11-7-9-12(10-8-11)14(4,5)6;1-12(2,3)11-7-9-14(10-8-11)13(4,5)6;1-12(2,3)10-7-8-11(9-10)13(4,5)6;1-11(2,3)13-7-9-14(10-8-13)12(4,5)6;1-11(2,3)9-7-10(13-8-9)12(4,5)6;1-11(2,3)9-7-8-10(13-9)12(4,5)6/h11-12H,7-10H2,1-6H3;11H,7-10H2,1-6H3;10-11H,7-9H2,1-6H3;7-10H2,1-6H3;2*9-10,13H,7-8H2,1-6H3. The first kappa shape index (κ1) is 78.8. The van der Waals surface area contributed by atoms with Crippen LogP contribution in [0.4, 0.5) is 0 Å². The van der Waals surface area contributed by atoms with E-state index >= 15 is 0 Å². The van der Waals surface area contributed by atoms with Crippen molar-refractivity contribution in [2.45, 2.75) is 361 Å². The summed E-state index contributed by atoms with van der Waals surface area (Å²) in [6, 6.07) is 2.12. The van der Waals surface area contributed by atoms with Crippen molar-refractivity contribution in [2.24, 2.45) is 84.2 Å². The third-order valence-electron chi connectivity index (χ3n) is 21.5. The first-order valence-electron chi connectivity index (χ1n) is 34.5. The van der Waals surface area contributed by atoms with E-state index in [1.54, 1.807) is 0 Å². The van der Waals surface area contributed by atoms with Gasteiger partial charge in [-0.2, -0.15) is 0 Å². The highest BCUT2D eigenvalue weighted by Crippen LogP contribution is 2.49. The minimum Gasteiger partial charge on any atom is -0.313 e. The van der Waals surface area contributed by atoms with Crippen molar-refractivity contribution in [1.29, 1.82) is 0 Å². The summed E-state index contributed by atoms with van der Waals surface area (Å²) < 4.78 is 0. The number of nitrogens with one attached hydrogen (secondary N) is 2. The van der Waals surface area contributed by atoms with Crippen molar-refractivity contribution in [3.63, 3.8) is 0 Å². The third-order valence-corrected chi connectivity index (χ3v) is 21.5. The average molecular weight is 1140 g/mol. The van der Waals surface area contributed by atoms with E-state index < -0.39 is 0 Å². The number of rotatable bonds is 0. The van der Waals surface area contributed by atoms with Gasteiger partial charge in [0.2, 0.25) is 0 Å². The van der Waals surface area contributed by atoms with Gasteiger partial charge in [0.05, 0.1) is 0 Å². The van der Waals surface area contributed by atoms with Crippen LogP contribution in [0.15, 0.2) is 0 Å². The van der Waals surface area contributed by atoms with Gasteiger partial charge < -0.3 is 10.6 Å². The number of likely N-dealkylation sites (tertiary alicyclic amines) is 1. The van der Waals surface area contributed by atoms with Crippen molar-refractivity contribution in [3.05, 3.63) is 0 Å². The molecule has 2 N–H and O–H groups in total. The molecule has 0 spiro atoms. The average Bonchev–Trinajstić information content (AvgIpc) is 4.08. The maximum Gasteiger partial charge on any atom is 0.0126 e. The third kappa shape index (κ3) is 29.1. The SMILES string of the molecule is CC(C)(C)C1CCC(C(C)(C)C)C1.CC(C)(C)C1CCC(C(C)(C)C)CC1.CC(C)(C)C1CCC(C(C)(C)C)N1.CC(C)(C)C1CCN(C(C)(C)C)CC1.CC(C)(C)C1CNC(C(C)(C)C)C1.CC(C)(C)N1CCN(C(C)(C)C)CC1. The van der Waals surface area contributed by atoms with Crippen molar-refractivity contribution in [1.82, 2.24) is 25.3 Å². The first-order chi connectivity index (χ1) is 35.8. The van der Waals surface area contributed by atoms with Crippen LogP contribution in [0.3, 0.4) is 0 Å². The first-order valence-corrected chi connectivity index (χ1v) is 34.5. The Hall–Kier alpha value is -0.200. The van der Waals surface area contributed by atoms with Crippen LogP contribution in [0.1, 0.15) is 326 Å². The fourth-order valence-corrected chi connectivity index (χ4v) is 14.0. The van der Waals surface area contributed by atoms with Crippen LogP contribution in [0.25, 0.3) is 0 Å². The van der Waals surface area contributed by atoms with Crippen molar-refractivity contribution in [3.8, 4) is 0 Å². The quantitative estimate of drug-likeness (QED) is 0.253. The molecule has 2 aliphatic carbocycles. The molecule has 4 aliphatic heterocycles. The molecule has 81 heavy (non-hydrogen) atoms. The van der Waals surface area contributed by atoms with Crippen LogP contribution in [0.2, 0.25) is 0 Å². The van der Waals surface area contributed by atoms with Gasteiger partial charge in [0.25, 0.3) is 0 Å². The summed E-state index contributed by atoms with van der Waals surface area (Å²) in [6.45, 7) is 93.3. The lowest BCUT2D eigenvalue weighted by molar-refractivity contribution is 0.0211. The fraction of sp³-hybridized carbons (Fsp3) is 1.00. The monoisotopic (exact) mass is 1140 g/mol. The molecule has 6 atom stereocenters. The van der Waals surface area contributed by atoms with Gasteiger partial charge >= 0.3 is 0 Å². The largest absolute Gasteiger partial charge is 0.313 e. The zero-order chi connectivity index (χ0) is 63.8. The van der Waals surface area contributed by atoms with Gasteiger partial charge in [-0.1, -0.05) is 187 Å². The van der Waals surface area contributed by atoms with Crippen LogP contribution < -0.4 is 10.6 Å². The topological polar surface area (TPSA) is 33.8 Å². The van der Waals surface area contributed by atoms with E-state index in [-0.39, 0.29) is 0 Å². The van der Waals surface area contributed by atoms with Crippen LogP contribution in [0.5, 0.6) is 0 Å². The molecule has 2 saturated carbocycles. The normalized spacial score (nSPS) is 28.0. The van der Waals surface area contributed by atoms with Crippen molar-refractivity contribution < 1.29 is 0 Å². The van der Waals surface area contributed by atoms with Crippen molar-refractivity contribution in [2.75, 3.05) is 45.8 Å². The highest BCUT2D eigenvalue weighted by atomic mass is 15.3. The summed E-state index contributed by atoms with van der Waals surface area (Å²) in [7, 11) is 0. The second-order valence-electron chi connectivity index (χ2n) is 40.5. The molecule has 4 heterocycles. The van der Waals surface area contributed by atoms with Crippen LogP contribution in [-0.4, -0.2) is 95.3 Å². The molecular formula is C76H157N5. The fourth-order valence-electron chi connectivity index (χ4n) is 14.0. The summed E-state index contributed by atoms with van der Waals surface area (Å²) in [5.74, 6) is 5.59. The molecule has 0 amide bonds. The summed E-state index contributed by atoms with van der Waals surface area (Å²) in [4.78, 5) is 7.78. The minimum absolute atomic E-state index is 0.337. The molecule has 4 saturated heterocycles. The molecule has 6 fully saturated rings. The van der Waals surface area contributed by atoms with E-state index in [0.717, 1.165) is 35.5 Å². The van der Waals surface area contributed by atoms with Gasteiger partial charge in [-0.3, -0.25) is 14.7 Å². The molecule has 6 rings (SSSR count). The Balaban J connectivity index is 0.000000486. The van der Waals surface area contributed by atoms with Gasteiger partial charge in [0.15, 0.2) is 0 Å². The number of hydrogen-bond donors (Lipinski definition) is 2. The molecule has 0 aromatic rings. The zero-order valence-corrected chi connectivity index (χ0v) is 63.0. The molecule has 0 bridgehead atoms. The van der Waals surface area contributed by atoms with Gasteiger partial charge in [0, 0.05) is 60.9 Å². The summed E-state index contributed by atoms with van der Waals surface area (Å²) >= 11 is 0. The van der Waals surface area contributed by atoms with Gasteiger partial charge in [-0.15, -0.1) is 0 Å². The smallest absolute Gasteiger partial charge is 0.0126 e. The van der Waals surface area contributed by atoms with E-state index in [4.69, 9.17) is 0 Å². The predicted molar refractivity (Wildman–Crippen MR) is 368 cm³/mol. The van der Waals surface area contributed by atoms with Gasteiger partial charge in [-0.25, -0.2) is 0 Å². The number of piperazine rings is 1. The molecule has 0 radical (unpaired) electrons. The van der Waals surface area contributed by atoms with E-state index in [0.29, 0.717) is 83.5 Å². The Kier molecular flexibility index (Phi) is 29.1. The summed E-state index contributed by atoms with van der Waals surface area (Å²) in [5.41, 5.74) is 5.37. The maximum absolute atomic E-state index is 3.77. The van der Waals surface area contributed by atoms with Gasteiger partial charge in [0.1, 0.15) is 0 Å². The maximum atomic E-state index is 3.77. The van der Waals surface area contributed by atoms with Crippen LogP contribution in [-0.2, 0) is 0 Å². The molecule has 0 aromatic carbocycles. The molecule has 5 nitrogen and oxygen atoms in total. The van der Waals surface area contributed by atoms with E-state index in [9.17, 15) is 0 Å². The molecule has 5 heteroatoms. The Labute approximate surface area is 513 Å². The lowest BCUT2D eigenvalue weighted by Gasteiger charge is -2.46. The minimum atomic E-state index is 0.337. The van der Waals surface area contributed by atoms with Crippen LogP contribution in [0, 0.1) is 84.2 Å². The Morgan fingerprint density at radius 2 is 0.457 bits per heavy atom. The van der Waals surface area contributed by atoms with E-state index in [1.165, 1.54) is 123 Å². The molecule has 0 aromatic heterocycles. The lowest BCUT2D eigenvalue weighted by atomic mass is 9.64. The van der Waals surface area contributed by atoms with E-state index in [1.807, 2.05) is 0 Å². The molecule has 6 aliphatic rings. The molecular weight excluding hydrogens is 983 g/mol. The van der Waals surface area contributed by atoms with Gasteiger partial charge in [-0.05, 0) is 243 Å². The number of nitrogens with zero attached hydrogens (tertiary/aromatic N) is 3. The molecule has 486 valence electrons.